The normalized spacial score (nSPS) is 19.4. The zero-order valence-electron chi connectivity index (χ0n) is 16.0. The minimum atomic E-state index is -4.72. The Bertz CT molecular complexity index is 1050. The van der Waals surface area contributed by atoms with E-state index in [2.05, 4.69) is 6.92 Å². The van der Waals surface area contributed by atoms with Crippen LogP contribution in [0.4, 0.5) is 22.0 Å². The van der Waals surface area contributed by atoms with Gasteiger partial charge in [-0.3, -0.25) is 0 Å². The summed E-state index contributed by atoms with van der Waals surface area (Å²) < 4.78 is 67.2. The lowest BCUT2D eigenvalue weighted by molar-refractivity contribution is -0.140. The summed E-state index contributed by atoms with van der Waals surface area (Å²) in [5, 5.41) is 1.76. The van der Waals surface area contributed by atoms with Crippen molar-refractivity contribution in [1.29, 1.82) is 0 Å². The first-order valence-electron chi connectivity index (χ1n) is 9.87. The van der Waals surface area contributed by atoms with E-state index in [1.165, 1.54) is 18.2 Å². The standard InChI is InChI=1S/C24H21F5/c1-2-3-15-6-9-18-19(10-5-14-4-8-17(25)13-20(14)18)23(15)16-7-11-21(22(26)12-16)24(27,28)29/h4-5,7-8,10-13,15,23H,2-3,6,9H2,1H3. The van der Waals surface area contributed by atoms with Crippen LogP contribution in [0, 0.1) is 17.6 Å². The lowest BCUT2D eigenvalue weighted by Crippen LogP contribution is -2.22. The Labute approximate surface area is 166 Å². The van der Waals surface area contributed by atoms with Gasteiger partial charge in [-0.15, -0.1) is 0 Å². The summed E-state index contributed by atoms with van der Waals surface area (Å²) in [4.78, 5) is 0. The van der Waals surface area contributed by atoms with E-state index in [0.29, 0.717) is 5.56 Å². The molecule has 0 radical (unpaired) electrons. The highest BCUT2D eigenvalue weighted by atomic mass is 19.4. The van der Waals surface area contributed by atoms with Gasteiger partial charge in [0, 0.05) is 5.92 Å². The number of fused-ring (bicyclic) bond motifs is 3. The molecule has 3 aromatic rings. The largest absolute Gasteiger partial charge is 0.419 e. The minimum absolute atomic E-state index is 0.203. The lowest BCUT2D eigenvalue weighted by atomic mass is 9.69. The van der Waals surface area contributed by atoms with Crippen LogP contribution < -0.4 is 0 Å². The van der Waals surface area contributed by atoms with Crippen LogP contribution in [0.2, 0.25) is 0 Å². The van der Waals surface area contributed by atoms with Gasteiger partial charge >= 0.3 is 6.18 Å². The smallest absolute Gasteiger partial charge is 0.207 e. The second kappa shape index (κ2) is 7.43. The Hall–Kier alpha value is -2.43. The molecule has 0 amide bonds. The fourth-order valence-electron chi connectivity index (χ4n) is 4.78. The van der Waals surface area contributed by atoms with Crippen molar-refractivity contribution in [3.8, 4) is 0 Å². The second-order valence-corrected chi connectivity index (χ2v) is 7.80. The molecule has 0 nitrogen and oxygen atoms in total. The van der Waals surface area contributed by atoms with Crippen LogP contribution in [0.15, 0.2) is 48.5 Å². The van der Waals surface area contributed by atoms with Crippen molar-refractivity contribution in [2.24, 2.45) is 5.92 Å². The number of benzene rings is 3. The molecule has 0 bridgehead atoms. The summed E-state index contributed by atoms with van der Waals surface area (Å²) in [6.07, 6.45) is -1.27. The maximum absolute atomic E-state index is 14.3. The highest BCUT2D eigenvalue weighted by Gasteiger charge is 2.36. The van der Waals surface area contributed by atoms with Gasteiger partial charge in [-0.25, -0.2) is 8.78 Å². The van der Waals surface area contributed by atoms with Gasteiger partial charge in [-0.2, -0.15) is 13.2 Å². The van der Waals surface area contributed by atoms with E-state index in [-0.39, 0.29) is 17.7 Å². The SMILES string of the molecule is CCCC1CCc2c(ccc3ccc(F)cc23)C1c1ccc(C(F)(F)F)c(F)c1. The van der Waals surface area contributed by atoms with E-state index in [4.69, 9.17) is 0 Å². The summed E-state index contributed by atoms with van der Waals surface area (Å²) in [6.45, 7) is 2.07. The van der Waals surface area contributed by atoms with Gasteiger partial charge in [-0.1, -0.05) is 37.6 Å². The highest BCUT2D eigenvalue weighted by Crippen LogP contribution is 2.46. The van der Waals surface area contributed by atoms with E-state index in [0.717, 1.165) is 59.7 Å². The number of halogens is 5. The number of alkyl halides is 3. The van der Waals surface area contributed by atoms with Gasteiger partial charge < -0.3 is 0 Å². The molecule has 0 saturated carbocycles. The molecule has 0 heterocycles. The number of hydrogen-bond donors (Lipinski definition) is 0. The van der Waals surface area contributed by atoms with Gasteiger partial charge in [-0.05, 0) is 76.9 Å². The van der Waals surface area contributed by atoms with Crippen LogP contribution in [0.5, 0.6) is 0 Å². The van der Waals surface area contributed by atoms with Crippen LogP contribution in [-0.4, -0.2) is 0 Å². The van der Waals surface area contributed by atoms with Gasteiger partial charge in [0.2, 0.25) is 0 Å². The average Bonchev–Trinajstić information content (AvgIpc) is 2.66. The summed E-state index contributed by atoms with van der Waals surface area (Å²) in [7, 11) is 0. The quantitative estimate of drug-likeness (QED) is 0.394. The van der Waals surface area contributed by atoms with Gasteiger partial charge in [0.25, 0.3) is 0 Å². The van der Waals surface area contributed by atoms with Crippen LogP contribution in [0.25, 0.3) is 10.8 Å². The predicted molar refractivity (Wildman–Crippen MR) is 104 cm³/mol. The molecule has 0 aliphatic heterocycles. The molecule has 0 saturated heterocycles. The zero-order valence-corrected chi connectivity index (χ0v) is 16.0. The molecule has 152 valence electrons. The first kappa shape index (κ1) is 19.9. The first-order valence-corrected chi connectivity index (χ1v) is 9.87. The van der Waals surface area contributed by atoms with E-state index in [1.807, 2.05) is 12.1 Å². The third-order valence-corrected chi connectivity index (χ3v) is 6.02. The molecule has 0 aromatic heterocycles. The molecule has 1 aliphatic rings. The molecular weight excluding hydrogens is 383 g/mol. The predicted octanol–water partition coefficient (Wildman–Crippen LogP) is 7.63. The molecule has 2 unspecified atom stereocenters. The van der Waals surface area contributed by atoms with E-state index < -0.39 is 17.6 Å². The Balaban J connectivity index is 1.88. The topological polar surface area (TPSA) is 0 Å². The fourth-order valence-corrected chi connectivity index (χ4v) is 4.78. The number of hydrogen-bond acceptors (Lipinski definition) is 0. The second-order valence-electron chi connectivity index (χ2n) is 7.80. The molecular formula is C24H21F5. The monoisotopic (exact) mass is 404 g/mol. The zero-order chi connectivity index (χ0) is 20.8. The van der Waals surface area contributed by atoms with Gasteiger partial charge in [0.15, 0.2) is 0 Å². The molecule has 29 heavy (non-hydrogen) atoms. The van der Waals surface area contributed by atoms with E-state index in [9.17, 15) is 22.0 Å². The molecule has 0 spiro atoms. The van der Waals surface area contributed by atoms with Gasteiger partial charge in [0.05, 0.1) is 5.56 Å². The van der Waals surface area contributed by atoms with Crippen molar-refractivity contribution in [2.75, 3.05) is 0 Å². The average molecular weight is 404 g/mol. The molecule has 2 atom stereocenters. The number of aryl methyl sites for hydroxylation is 1. The summed E-state index contributed by atoms with van der Waals surface area (Å²) in [5.41, 5.74) is 1.28. The summed E-state index contributed by atoms with van der Waals surface area (Å²) in [5.74, 6) is -1.57. The maximum atomic E-state index is 14.3. The summed E-state index contributed by atoms with van der Waals surface area (Å²) >= 11 is 0. The van der Waals surface area contributed by atoms with Gasteiger partial charge in [0.1, 0.15) is 11.6 Å². The van der Waals surface area contributed by atoms with Crippen molar-refractivity contribution in [2.45, 2.75) is 44.7 Å². The van der Waals surface area contributed by atoms with Crippen LogP contribution in [-0.2, 0) is 12.6 Å². The van der Waals surface area contributed by atoms with Crippen LogP contribution >= 0.6 is 0 Å². The van der Waals surface area contributed by atoms with Crippen molar-refractivity contribution < 1.29 is 22.0 Å². The molecule has 0 fully saturated rings. The summed E-state index contributed by atoms with van der Waals surface area (Å²) in [6, 6.07) is 11.8. The molecule has 4 rings (SSSR count). The minimum Gasteiger partial charge on any atom is -0.207 e. The molecule has 3 aromatic carbocycles. The van der Waals surface area contributed by atoms with Crippen molar-refractivity contribution >= 4 is 10.8 Å². The maximum Gasteiger partial charge on any atom is 0.419 e. The van der Waals surface area contributed by atoms with E-state index >= 15 is 0 Å². The van der Waals surface area contributed by atoms with Crippen LogP contribution in [0.3, 0.4) is 0 Å². The fraction of sp³-hybridized carbons (Fsp3) is 0.333. The molecule has 0 N–H and O–H groups in total. The van der Waals surface area contributed by atoms with Crippen molar-refractivity contribution in [3.63, 3.8) is 0 Å². The Morgan fingerprint density at radius 3 is 2.41 bits per heavy atom. The van der Waals surface area contributed by atoms with E-state index in [1.54, 1.807) is 6.07 Å². The third kappa shape index (κ3) is 3.63. The Morgan fingerprint density at radius 2 is 1.72 bits per heavy atom. The highest BCUT2D eigenvalue weighted by molar-refractivity contribution is 5.87. The lowest BCUT2D eigenvalue weighted by Gasteiger charge is -2.35. The molecule has 5 heteroatoms. The van der Waals surface area contributed by atoms with Crippen LogP contribution in [0.1, 0.15) is 54.4 Å². The third-order valence-electron chi connectivity index (χ3n) is 6.02. The Morgan fingerprint density at radius 1 is 0.966 bits per heavy atom. The first-order chi connectivity index (χ1) is 13.8. The van der Waals surface area contributed by atoms with Crippen molar-refractivity contribution in [1.82, 2.24) is 0 Å². The molecule has 1 aliphatic carbocycles. The number of rotatable bonds is 3. The Kier molecular flexibility index (Phi) is 5.09. The van der Waals surface area contributed by atoms with Crippen molar-refractivity contribution in [3.05, 3.63) is 82.4 Å².